The van der Waals surface area contributed by atoms with E-state index < -0.39 is 0 Å². The fourth-order valence-corrected chi connectivity index (χ4v) is 4.38. The van der Waals surface area contributed by atoms with Gasteiger partial charge < -0.3 is 5.32 Å². The second-order valence-corrected chi connectivity index (χ2v) is 8.28. The van der Waals surface area contributed by atoms with Gasteiger partial charge in [0.25, 0.3) is 0 Å². The summed E-state index contributed by atoms with van der Waals surface area (Å²) in [6, 6.07) is 14.9. The van der Waals surface area contributed by atoms with Crippen molar-refractivity contribution in [3.63, 3.8) is 0 Å². The molecular formula is C25H28FN3O. The fraction of sp³-hybridized carbons (Fsp3) is 0.360. The molecule has 1 amide bonds. The van der Waals surface area contributed by atoms with Gasteiger partial charge in [-0.2, -0.15) is 0 Å². The molecule has 0 radical (unpaired) electrons. The maximum absolute atomic E-state index is 13.2. The summed E-state index contributed by atoms with van der Waals surface area (Å²) in [5.74, 6) is 0.232. The molecule has 2 aromatic carbocycles. The molecule has 0 unspecified atom stereocenters. The number of aromatic nitrogens is 1. The molecule has 4 rings (SSSR count). The molecule has 0 spiro atoms. The van der Waals surface area contributed by atoms with E-state index in [1.165, 1.54) is 23.1 Å². The van der Waals surface area contributed by atoms with Gasteiger partial charge in [0.1, 0.15) is 5.82 Å². The van der Waals surface area contributed by atoms with Crippen LogP contribution in [0.25, 0.3) is 10.9 Å². The zero-order valence-corrected chi connectivity index (χ0v) is 17.4. The molecule has 5 heteroatoms. The number of aryl methyl sites for hydroxylation is 1. The van der Waals surface area contributed by atoms with Crippen LogP contribution in [0.3, 0.4) is 0 Å². The number of carbonyl (C=O) groups is 1. The standard InChI is InChI=1S/C25H28FN3O/c1-18-15-22(26)10-11-23(18)28-24(30)12-9-19-5-4-14-29(16-19)17-21-7-2-6-20-8-3-13-27-25(20)21/h2-3,6-8,10-11,13,15,19H,4-5,9,12,14,16-17H2,1H3,(H,28,30)/t19-/m1/s1. The van der Waals surface area contributed by atoms with Crippen LogP contribution in [0.15, 0.2) is 54.7 Å². The van der Waals surface area contributed by atoms with Crippen LogP contribution in [0, 0.1) is 18.7 Å². The van der Waals surface area contributed by atoms with Crippen LogP contribution in [-0.4, -0.2) is 28.9 Å². The number of piperidine rings is 1. The molecule has 156 valence electrons. The van der Waals surface area contributed by atoms with Gasteiger partial charge in [-0.15, -0.1) is 0 Å². The van der Waals surface area contributed by atoms with E-state index in [0.29, 0.717) is 18.0 Å². The number of hydrogen-bond acceptors (Lipinski definition) is 3. The third-order valence-electron chi connectivity index (χ3n) is 5.96. The Labute approximate surface area is 177 Å². The fourth-order valence-electron chi connectivity index (χ4n) is 4.38. The molecule has 1 aliphatic rings. The van der Waals surface area contributed by atoms with E-state index in [9.17, 15) is 9.18 Å². The predicted octanol–water partition coefficient (Wildman–Crippen LogP) is 5.31. The van der Waals surface area contributed by atoms with Gasteiger partial charge in [-0.3, -0.25) is 14.7 Å². The van der Waals surface area contributed by atoms with Crippen molar-refractivity contribution in [2.45, 2.75) is 39.2 Å². The van der Waals surface area contributed by atoms with Gasteiger partial charge in [-0.1, -0.05) is 24.3 Å². The van der Waals surface area contributed by atoms with Crippen molar-refractivity contribution in [2.75, 3.05) is 18.4 Å². The Bertz CT molecular complexity index is 1030. The molecule has 4 nitrogen and oxygen atoms in total. The monoisotopic (exact) mass is 405 g/mol. The highest BCUT2D eigenvalue weighted by Gasteiger charge is 2.21. The van der Waals surface area contributed by atoms with Crippen molar-refractivity contribution in [3.05, 3.63) is 71.7 Å². The lowest BCUT2D eigenvalue weighted by atomic mass is 9.92. The highest BCUT2D eigenvalue weighted by Crippen LogP contribution is 2.25. The number of fused-ring (bicyclic) bond motifs is 1. The number of para-hydroxylation sites is 1. The summed E-state index contributed by atoms with van der Waals surface area (Å²) in [6.45, 7) is 4.79. The van der Waals surface area contributed by atoms with Gasteiger partial charge in [0.05, 0.1) is 5.52 Å². The number of likely N-dealkylation sites (tertiary alicyclic amines) is 1. The van der Waals surface area contributed by atoms with Gasteiger partial charge in [0.2, 0.25) is 5.91 Å². The van der Waals surface area contributed by atoms with Crippen LogP contribution in [0.2, 0.25) is 0 Å². The van der Waals surface area contributed by atoms with Crippen LogP contribution in [-0.2, 0) is 11.3 Å². The number of rotatable bonds is 6. The molecule has 1 aromatic heterocycles. The summed E-state index contributed by atoms with van der Waals surface area (Å²) in [6.07, 6.45) is 5.53. The molecule has 1 atom stereocenters. The van der Waals surface area contributed by atoms with Crippen LogP contribution >= 0.6 is 0 Å². The molecule has 30 heavy (non-hydrogen) atoms. The number of benzene rings is 2. The summed E-state index contributed by atoms with van der Waals surface area (Å²) >= 11 is 0. The van der Waals surface area contributed by atoms with E-state index in [4.69, 9.17) is 0 Å². The lowest BCUT2D eigenvalue weighted by molar-refractivity contribution is -0.116. The molecule has 3 aromatic rings. The van der Waals surface area contributed by atoms with Crippen molar-refractivity contribution in [3.8, 4) is 0 Å². The van der Waals surface area contributed by atoms with Crippen LogP contribution in [0.1, 0.15) is 36.8 Å². The minimum atomic E-state index is -0.283. The lowest BCUT2D eigenvalue weighted by Gasteiger charge is -2.33. The molecule has 0 aliphatic carbocycles. The Morgan fingerprint density at radius 2 is 2.10 bits per heavy atom. The van der Waals surface area contributed by atoms with Crippen molar-refractivity contribution >= 4 is 22.5 Å². The molecule has 0 bridgehead atoms. The number of nitrogens with zero attached hydrogens (tertiary/aromatic N) is 2. The quantitative estimate of drug-likeness (QED) is 0.604. The van der Waals surface area contributed by atoms with E-state index in [1.54, 1.807) is 13.0 Å². The number of pyridine rings is 1. The van der Waals surface area contributed by atoms with Gasteiger partial charge in [0.15, 0.2) is 0 Å². The molecular weight excluding hydrogens is 377 g/mol. The van der Waals surface area contributed by atoms with Crippen molar-refractivity contribution < 1.29 is 9.18 Å². The van der Waals surface area contributed by atoms with Crippen LogP contribution in [0.5, 0.6) is 0 Å². The van der Waals surface area contributed by atoms with Gasteiger partial charge >= 0.3 is 0 Å². The zero-order valence-electron chi connectivity index (χ0n) is 17.4. The van der Waals surface area contributed by atoms with Crippen LogP contribution in [0.4, 0.5) is 10.1 Å². The average Bonchev–Trinajstić information content (AvgIpc) is 2.75. The number of nitrogens with one attached hydrogen (secondary N) is 1. The SMILES string of the molecule is Cc1cc(F)ccc1NC(=O)CC[C@H]1CCCN(Cc2cccc3cccnc23)C1. The average molecular weight is 406 g/mol. The summed E-state index contributed by atoms with van der Waals surface area (Å²) in [4.78, 5) is 19.4. The first-order valence-electron chi connectivity index (χ1n) is 10.7. The summed E-state index contributed by atoms with van der Waals surface area (Å²) < 4.78 is 13.2. The van der Waals surface area contributed by atoms with E-state index >= 15 is 0 Å². The maximum atomic E-state index is 13.2. The molecule has 1 saturated heterocycles. The third kappa shape index (κ3) is 5.03. The molecule has 1 fully saturated rings. The smallest absolute Gasteiger partial charge is 0.224 e. The van der Waals surface area contributed by atoms with E-state index in [2.05, 4.69) is 39.5 Å². The Morgan fingerprint density at radius 3 is 2.97 bits per heavy atom. The van der Waals surface area contributed by atoms with Gasteiger partial charge in [0, 0.05) is 36.8 Å². The second-order valence-electron chi connectivity index (χ2n) is 8.28. The maximum Gasteiger partial charge on any atom is 0.224 e. The summed E-state index contributed by atoms with van der Waals surface area (Å²) in [5.41, 5.74) is 3.78. The molecule has 0 saturated carbocycles. The van der Waals surface area contributed by atoms with Crippen molar-refractivity contribution in [2.24, 2.45) is 5.92 Å². The van der Waals surface area contributed by atoms with Crippen molar-refractivity contribution in [1.82, 2.24) is 9.88 Å². The minimum Gasteiger partial charge on any atom is -0.326 e. The largest absolute Gasteiger partial charge is 0.326 e. The molecule has 1 aliphatic heterocycles. The van der Waals surface area contributed by atoms with Crippen LogP contribution < -0.4 is 5.32 Å². The molecule has 2 heterocycles. The van der Waals surface area contributed by atoms with Crippen molar-refractivity contribution in [1.29, 1.82) is 0 Å². The second kappa shape index (κ2) is 9.35. The highest BCUT2D eigenvalue weighted by atomic mass is 19.1. The Hall–Kier alpha value is -2.79. The molecule has 1 N–H and O–H groups in total. The predicted molar refractivity (Wildman–Crippen MR) is 119 cm³/mol. The summed E-state index contributed by atoms with van der Waals surface area (Å²) in [7, 11) is 0. The number of anilines is 1. The van der Waals surface area contributed by atoms with Gasteiger partial charge in [-0.25, -0.2) is 4.39 Å². The van der Waals surface area contributed by atoms with E-state index in [-0.39, 0.29) is 11.7 Å². The Morgan fingerprint density at radius 1 is 1.23 bits per heavy atom. The first-order chi connectivity index (χ1) is 14.6. The first kappa shape index (κ1) is 20.5. The Balaban J connectivity index is 1.31. The lowest BCUT2D eigenvalue weighted by Crippen LogP contribution is -2.35. The minimum absolute atomic E-state index is 0.0000787. The summed E-state index contributed by atoms with van der Waals surface area (Å²) in [5, 5.41) is 4.10. The number of halogens is 1. The van der Waals surface area contributed by atoms with Gasteiger partial charge in [-0.05, 0) is 74.0 Å². The number of carbonyl (C=O) groups excluding carboxylic acids is 1. The first-order valence-corrected chi connectivity index (χ1v) is 10.7. The Kier molecular flexibility index (Phi) is 6.38. The third-order valence-corrected chi connectivity index (χ3v) is 5.96. The number of hydrogen-bond donors (Lipinski definition) is 1. The normalized spacial score (nSPS) is 17.2. The van der Waals surface area contributed by atoms with E-state index in [0.717, 1.165) is 50.0 Å². The topological polar surface area (TPSA) is 45.2 Å². The zero-order chi connectivity index (χ0) is 20.9. The van der Waals surface area contributed by atoms with E-state index in [1.807, 2.05) is 12.3 Å². The highest BCUT2D eigenvalue weighted by molar-refractivity contribution is 5.91. The number of amides is 1.